The van der Waals surface area contributed by atoms with E-state index in [1.54, 1.807) is 12.1 Å². The molecule has 0 aliphatic carbocycles. The first-order valence-corrected chi connectivity index (χ1v) is 7.68. The summed E-state index contributed by atoms with van der Waals surface area (Å²) >= 11 is 0. The van der Waals surface area contributed by atoms with E-state index in [-0.39, 0.29) is 17.1 Å². The van der Waals surface area contributed by atoms with Gasteiger partial charge in [-0.15, -0.1) is 0 Å². The molecule has 1 amide bonds. The molecule has 1 N–H and O–H groups in total. The third-order valence-corrected chi connectivity index (χ3v) is 3.61. The van der Waals surface area contributed by atoms with Crippen molar-refractivity contribution in [2.24, 2.45) is 5.41 Å². The molecule has 1 aromatic carbocycles. The molecule has 0 saturated heterocycles. The number of furan rings is 1. The average Bonchev–Trinajstić information content (AvgIpc) is 3.23. The summed E-state index contributed by atoms with van der Waals surface area (Å²) in [5.41, 5.74) is 0.542. The Hall–Kier alpha value is -2.89. The van der Waals surface area contributed by atoms with E-state index in [1.165, 1.54) is 6.26 Å². The van der Waals surface area contributed by atoms with E-state index in [0.717, 1.165) is 5.56 Å². The van der Waals surface area contributed by atoms with Crippen molar-refractivity contribution >= 4 is 5.91 Å². The Labute approximate surface area is 139 Å². The molecule has 0 spiro atoms. The maximum atomic E-state index is 12.3. The van der Waals surface area contributed by atoms with Crippen LogP contribution in [0.1, 0.15) is 43.3 Å². The van der Waals surface area contributed by atoms with Gasteiger partial charge in [-0.3, -0.25) is 4.79 Å². The van der Waals surface area contributed by atoms with Crippen LogP contribution >= 0.6 is 0 Å². The van der Waals surface area contributed by atoms with Gasteiger partial charge in [-0.1, -0.05) is 56.3 Å². The molecule has 124 valence electrons. The van der Waals surface area contributed by atoms with Crippen molar-refractivity contribution in [2.45, 2.75) is 26.8 Å². The lowest BCUT2D eigenvalue weighted by Gasteiger charge is -2.27. The number of aromatic nitrogens is 2. The fraction of sp³-hybridized carbons (Fsp3) is 0.278. The van der Waals surface area contributed by atoms with Crippen LogP contribution in [-0.4, -0.2) is 16.0 Å². The lowest BCUT2D eigenvalue weighted by atomic mass is 9.86. The SMILES string of the molecule is CC(C)(C)[C@@H](NC(=O)c1ccco1)c1nc(-c2ccccc2)no1. The summed E-state index contributed by atoms with van der Waals surface area (Å²) < 4.78 is 10.6. The number of rotatable bonds is 4. The highest BCUT2D eigenvalue weighted by Crippen LogP contribution is 2.33. The quantitative estimate of drug-likeness (QED) is 0.788. The zero-order chi connectivity index (χ0) is 17.2. The lowest BCUT2D eigenvalue weighted by Crippen LogP contribution is -2.36. The van der Waals surface area contributed by atoms with Crippen molar-refractivity contribution in [3.63, 3.8) is 0 Å². The fourth-order valence-corrected chi connectivity index (χ4v) is 2.32. The molecule has 0 saturated carbocycles. The van der Waals surface area contributed by atoms with E-state index < -0.39 is 6.04 Å². The maximum Gasteiger partial charge on any atom is 0.287 e. The Balaban J connectivity index is 1.87. The Morgan fingerprint density at radius 1 is 1.12 bits per heavy atom. The number of carbonyl (C=O) groups excluding carboxylic acids is 1. The van der Waals surface area contributed by atoms with Crippen LogP contribution < -0.4 is 5.32 Å². The standard InChI is InChI=1S/C18H19N3O3/c1-18(2,3)14(19-16(22)13-10-7-11-23-13)17-20-15(21-24-17)12-8-5-4-6-9-12/h4-11,14H,1-3H3,(H,19,22)/t14-/m0/s1. The summed E-state index contributed by atoms with van der Waals surface area (Å²) in [6.45, 7) is 5.98. The van der Waals surface area contributed by atoms with E-state index in [2.05, 4.69) is 15.5 Å². The van der Waals surface area contributed by atoms with E-state index in [0.29, 0.717) is 11.7 Å². The molecule has 0 radical (unpaired) electrons. The lowest BCUT2D eigenvalue weighted by molar-refractivity contribution is 0.0852. The summed E-state index contributed by atoms with van der Waals surface area (Å²) in [4.78, 5) is 16.8. The van der Waals surface area contributed by atoms with Gasteiger partial charge < -0.3 is 14.3 Å². The third kappa shape index (κ3) is 3.37. The number of hydrogen-bond acceptors (Lipinski definition) is 5. The zero-order valence-electron chi connectivity index (χ0n) is 13.8. The van der Waals surface area contributed by atoms with Crippen LogP contribution in [0.4, 0.5) is 0 Å². The predicted molar refractivity (Wildman–Crippen MR) is 88.1 cm³/mol. The van der Waals surface area contributed by atoms with Crippen LogP contribution in [-0.2, 0) is 0 Å². The second kappa shape index (κ2) is 6.31. The van der Waals surface area contributed by atoms with Gasteiger partial charge in [0.15, 0.2) is 5.76 Å². The summed E-state index contributed by atoms with van der Waals surface area (Å²) in [6.07, 6.45) is 1.46. The first kappa shape index (κ1) is 16.0. The maximum absolute atomic E-state index is 12.3. The highest BCUT2D eigenvalue weighted by atomic mass is 16.5. The van der Waals surface area contributed by atoms with Crippen molar-refractivity contribution in [1.29, 1.82) is 0 Å². The molecule has 24 heavy (non-hydrogen) atoms. The monoisotopic (exact) mass is 325 g/mol. The number of nitrogens with zero attached hydrogens (tertiary/aromatic N) is 2. The molecule has 1 atom stereocenters. The summed E-state index contributed by atoms with van der Waals surface area (Å²) in [6, 6.07) is 12.4. The number of nitrogens with one attached hydrogen (secondary N) is 1. The summed E-state index contributed by atoms with van der Waals surface area (Å²) in [5.74, 6) is 0.778. The summed E-state index contributed by atoms with van der Waals surface area (Å²) in [5, 5.41) is 6.94. The molecular weight excluding hydrogens is 306 g/mol. The second-order valence-electron chi connectivity index (χ2n) is 6.57. The Bertz CT molecular complexity index is 802. The highest BCUT2D eigenvalue weighted by molar-refractivity contribution is 5.91. The number of carbonyl (C=O) groups is 1. The molecule has 6 heteroatoms. The van der Waals surface area contributed by atoms with Crippen molar-refractivity contribution in [3.05, 3.63) is 60.4 Å². The van der Waals surface area contributed by atoms with Gasteiger partial charge in [-0.05, 0) is 17.5 Å². The topological polar surface area (TPSA) is 81.2 Å². The van der Waals surface area contributed by atoms with Crippen LogP contribution in [0.5, 0.6) is 0 Å². The van der Waals surface area contributed by atoms with E-state index in [4.69, 9.17) is 8.94 Å². The van der Waals surface area contributed by atoms with Crippen LogP contribution in [0.3, 0.4) is 0 Å². The number of hydrogen-bond donors (Lipinski definition) is 1. The van der Waals surface area contributed by atoms with Gasteiger partial charge in [0, 0.05) is 5.56 Å². The average molecular weight is 325 g/mol. The molecule has 6 nitrogen and oxygen atoms in total. The summed E-state index contributed by atoms with van der Waals surface area (Å²) in [7, 11) is 0. The smallest absolute Gasteiger partial charge is 0.287 e. The molecule has 2 aromatic heterocycles. The molecule has 3 aromatic rings. The zero-order valence-corrected chi connectivity index (χ0v) is 13.8. The van der Waals surface area contributed by atoms with Crippen LogP contribution in [0, 0.1) is 5.41 Å². The molecule has 3 rings (SSSR count). The molecule has 0 aliphatic heterocycles. The van der Waals surface area contributed by atoms with E-state index in [9.17, 15) is 4.79 Å². The van der Waals surface area contributed by atoms with Gasteiger partial charge in [0.05, 0.1) is 6.26 Å². The van der Waals surface area contributed by atoms with E-state index >= 15 is 0 Å². The van der Waals surface area contributed by atoms with Gasteiger partial charge in [-0.2, -0.15) is 4.98 Å². The largest absolute Gasteiger partial charge is 0.459 e. The van der Waals surface area contributed by atoms with Crippen molar-refractivity contribution < 1.29 is 13.7 Å². The van der Waals surface area contributed by atoms with Crippen molar-refractivity contribution in [1.82, 2.24) is 15.5 Å². The normalized spacial score (nSPS) is 12.8. The van der Waals surface area contributed by atoms with Crippen molar-refractivity contribution in [2.75, 3.05) is 0 Å². The van der Waals surface area contributed by atoms with Gasteiger partial charge in [0.25, 0.3) is 5.91 Å². The molecule has 0 bridgehead atoms. The predicted octanol–water partition coefficient (Wildman–Crippen LogP) is 3.85. The number of amides is 1. The van der Waals surface area contributed by atoms with E-state index in [1.807, 2.05) is 51.1 Å². The first-order valence-electron chi connectivity index (χ1n) is 7.68. The highest BCUT2D eigenvalue weighted by Gasteiger charge is 2.33. The van der Waals surface area contributed by atoms with Crippen LogP contribution in [0.15, 0.2) is 57.7 Å². The second-order valence-corrected chi connectivity index (χ2v) is 6.57. The van der Waals surface area contributed by atoms with Gasteiger partial charge in [-0.25, -0.2) is 0 Å². The van der Waals surface area contributed by atoms with Gasteiger partial charge in [0.2, 0.25) is 11.7 Å². The molecule has 0 fully saturated rings. The molecule has 0 aliphatic rings. The Kier molecular flexibility index (Phi) is 4.20. The fourth-order valence-electron chi connectivity index (χ4n) is 2.32. The van der Waals surface area contributed by atoms with Gasteiger partial charge in [0.1, 0.15) is 6.04 Å². The van der Waals surface area contributed by atoms with Crippen LogP contribution in [0.25, 0.3) is 11.4 Å². The number of benzene rings is 1. The molecule has 0 unspecified atom stereocenters. The van der Waals surface area contributed by atoms with Crippen molar-refractivity contribution in [3.8, 4) is 11.4 Å². The minimum absolute atomic E-state index is 0.243. The third-order valence-electron chi connectivity index (χ3n) is 3.61. The van der Waals surface area contributed by atoms with Crippen LogP contribution in [0.2, 0.25) is 0 Å². The Morgan fingerprint density at radius 2 is 1.88 bits per heavy atom. The minimum Gasteiger partial charge on any atom is -0.459 e. The van der Waals surface area contributed by atoms with Gasteiger partial charge >= 0.3 is 0 Å². The molecular formula is C18H19N3O3. The molecule has 2 heterocycles. The first-order chi connectivity index (χ1) is 11.4. The Morgan fingerprint density at radius 3 is 2.50 bits per heavy atom. The minimum atomic E-state index is -0.444.